The number of aromatic carboxylic acids is 1. The van der Waals surface area contributed by atoms with Crippen LogP contribution in [0.2, 0.25) is 0 Å². The first-order chi connectivity index (χ1) is 14.1. The van der Waals surface area contributed by atoms with Crippen molar-refractivity contribution >= 4 is 17.7 Å². The lowest BCUT2D eigenvalue weighted by atomic mass is 10.2. The van der Waals surface area contributed by atoms with Crippen LogP contribution in [0.1, 0.15) is 16.1 Å². The standard InChI is InChI=1S/C21H24N4O4/c26-20(27)16-6-7-17(22-12-16)13-25(18-4-2-1-3-5-18)21(28)24-10-8-23(9-11-24)19-14-29-15-19/h1-7,12,19H,8-11,13-15H2,(H,26,27). The lowest BCUT2D eigenvalue weighted by Gasteiger charge is -2.43. The highest BCUT2D eigenvalue weighted by molar-refractivity contribution is 5.92. The van der Waals surface area contributed by atoms with Crippen LogP contribution in [0.4, 0.5) is 10.5 Å². The molecule has 2 amide bonds. The lowest BCUT2D eigenvalue weighted by Crippen LogP contribution is -2.59. The van der Waals surface area contributed by atoms with Crippen LogP contribution in [0.25, 0.3) is 0 Å². The molecule has 8 heteroatoms. The van der Waals surface area contributed by atoms with Gasteiger partial charge in [0.2, 0.25) is 0 Å². The fraction of sp³-hybridized carbons (Fsp3) is 0.381. The summed E-state index contributed by atoms with van der Waals surface area (Å²) in [4.78, 5) is 34.6. The van der Waals surface area contributed by atoms with E-state index in [0.717, 1.165) is 32.0 Å². The second kappa shape index (κ2) is 8.59. The highest BCUT2D eigenvalue weighted by Crippen LogP contribution is 2.20. The molecule has 1 N–H and O–H groups in total. The molecular weight excluding hydrogens is 372 g/mol. The zero-order chi connectivity index (χ0) is 20.2. The van der Waals surface area contributed by atoms with E-state index in [4.69, 9.17) is 9.84 Å². The number of carbonyl (C=O) groups excluding carboxylic acids is 1. The lowest BCUT2D eigenvalue weighted by molar-refractivity contribution is -0.0738. The van der Waals surface area contributed by atoms with Gasteiger partial charge in [-0.15, -0.1) is 0 Å². The number of hydrogen-bond donors (Lipinski definition) is 1. The summed E-state index contributed by atoms with van der Waals surface area (Å²) < 4.78 is 5.27. The fourth-order valence-electron chi connectivity index (χ4n) is 3.57. The number of carboxylic acids is 1. The van der Waals surface area contributed by atoms with Crippen molar-refractivity contribution in [2.45, 2.75) is 12.6 Å². The van der Waals surface area contributed by atoms with E-state index in [1.165, 1.54) is 12.3 Å². The van der Waals surface area contributed by atoms with Gasteiger partial charge in [0.25, 0.3) is 0 Å². The molecule has 1 aromatic heterocycles. The number of hydrogen-bond acceptors (Lipinski definition) is 5. The van der Waals surface area contributed by atoms with Crippen LogP contribution in [-0.2, 0) is 11.3 Å². The molecule has 0 saturated carbocycles. The average Bonchev–Trinajstić information content (AvgIpc) is 2.72. The second-order valence-corrected chi connectivity index (χ2v) is 7.26. The molecule has 152 valence electrons. The van der Waals surface area contributed by atoms with Gasteiger partial charge < -0.3 is 14.7 Å². The van der Waals surface area contributed by atoms with Crippen LogP contribution < -0.4 is 4.90 Å². The number of pyridine rings is 1. The molecule has 0 atom stereocenters. The Labute approximate surface area is 169 Å². The van der Waals surface area contributed by atoms with E-state index >= 15 is 0 Å². The number of carboxylic acid groups (broad SMARTS) is 1. The number of anilines is 1. The summed E-state index contributed by atoms with van der Waals surface area (Å²) in [5.74, 6) is -1.02. The number of urea groups is 1. The zero-order valence-electron chi connectivity index (χ0n) is 16.1. The molecule has 2 aromatic rings. The number of para-hydroxylation sites is 1. The Morgan fingerprint density at radius 3 is 2.34 bits per heavy atom. The minimum absolute atomic E-state index is 0.0650. The zero-order valence-corrected chi connectivity index (χ0v) is 16.1. The Hall–Kier alpha value is -2.97. The van der Waals surface area contributed by atoms with Gasteiger partial charge in [0.1, 0.15) is 0 Å². The minimum atomic E-state index is -1.02. The first-order valence-corrected chi connectivity index (χ1v) is 9.73. The largest absolute Gasteiger partial charge is 0.478 e. The van der Waals surface area contributed by atoms with Crippen molar-refractivity contribution in [3.05, 3.63) is 59.9 Å². The van der Waals surface area contributed by atoms with Gasteiger partial charge in [-0.2, -0.15) is 0 Å². The number of benzene rings is 1. The maximum absolute atomic E-state index is 13.3. The number of aromatic nitrogens is 1. The van der Waals surface area contributed by atoms with Crippen molar-refractivity contribution in [1.82, 2.24) is 14.8 Å². The van der Waals surface area contributed by atoms with Crippen LogP contribution in [0.5, 0.6) is 0 Å². The predicted octanol–water partition coefficient (Wildman–Crippen LogP) is 1.92. The molecule has 1 aromatic carbocycles. The topological polar surface area (TPSA) is 86.2 Å². The molecule has 2 aliphatic heterocycles. The molecular formula is C21H24N4O4. The number of amides is 2. The molecule has 0 bridgehead atoms. The van der Waals surface area contributed by atoms with Crippen LogP contribution >= 0.6 is 0 Å². The maximum Gasteiger partial charge on any atom is 0.337 e. The summed E-state index contributed by atoms with van der Waals surface area (Å²) in [6.45, 7) is 4.86. The van der Waals surface area contributed by atoms with E-state index in [9.17, 15) is 9.59 Å². The van der Waals surface area contributed by atoms with Gasteiger partial charge >= 0.3 is 12.0 Å². The summed E-state index contributed by atoms with van der Waals surface area (Å²) in [5, 5.41) is 9.05. The molecule has 0 aliphatic carbocycles. The molecule has 2 saturated heterocycles. The van der Waals surface area contributed by atoms with Gasteiger partial charge in [0.05, 0.1) is 37.1 Å². The normalized spacial score (nSPS) is 17.6. The monoisotopic (exact) mass is 396 g/mol. The van der Waals surface area contributed by atoms with Crippen LogP contribution in [0, 0.1) is 0 Å². The summed E-state index contributed by atoms with van der Waals surface area (Å²) in [6.07, 6.45) is 1.32. The van der Waals surface area contributed by atoms with Crippen molar-refractivity contribution in [2.24, 2.45) is 0 Å². The fourth-order valence-corrected chi connectivity index (χ4v) is 3.57. The number of ether oxygens (including phenoxy) is 1. The molecule has 4 rings (SSSR count). The number of rotatable bonds is 5. The predicted molar refractivity (Wildman–Crippen MR) is 107 cm³/mol. The smallest absolute Gasteiger partial charge is 0.337 e. The van der Waals surface area contributed by atoms with Gasteiger partial charge in [0, 0.05) is 38.1 Å². The van der Waals surface area contributed by atoms with Gasteiger partial charge in [-0.3, -0.25) is 14.8 Å². The third-order valence-electron chi connectivity index (χ3n) is 5.41. The Morgan fingerprint density at radius 2 is 1.79 bits per heavy atom. The highest BCUT2D eigenvalue weighted by Gasteiger charge is 2.32. The molecule has 0 spiro atoms. The third-order valence-corrected chi connectivity index (χ3v) is 5.41. The molecule has 8 nitrogen and oxygen atoms in total. The third kappa shape index (κ3) is 4.38. The number of nitrogens with zero attached hydrogens (tertiary/aromatic N) is 4. The number of piperazine rings is 1. The van der Waals surface area contributed by atoms with Crippen molar-refractivity contribution < 1.29 is 19.4 Å². The quantitative estimate of drug-likeness (QED) is 0.831. The van der Waals surface area contributed by atoms with Crippen LogP contribution in [0.15, 0.2) is 48.7 Å². The van der Waals surface area contributed by atoms with Crippen molar-refractivity contribution in [3.63, 3.8) is 0 Å². The van der Waals surface area contributed by atoms with E-state index in [-0.39, 0.29) is 18.1 Å². The maximum atomic E-state index is 13.3. The Balaban J connectivity index is 1.48. The number of carbonyl (C=O) groups is 2. The molecule has 29 heavy (non-hydrogen) atoms. The van der Waals surface area contributed by atoms with Gasteiger partial charge in [-0.05, 0) is 24.3 Å². The molecule has 2 fully saturated rings. The van der Waals surface area contributed by atoms with E-state index in [2.05, 4.69) is 9.88 Å². The van der Waals surface area contributed by atoms with E-state index in [1.54, 1.807) is 11.0 Å². The molecule has 2 aliphatic rings. The Kier molecular flexibility index (Phi) is 5.73. The SMILES string of the molecule is O=C(O)c1ccc(CN(C(=O)N2CCN(C3COC3)CC2)c2ccccc2)nc1. The Bertz CT molecular complexity index is 847. The van der Waals surface area contributed by atoms with Gasteiger partial charge in [0.15, 0.2) is 0 Å². The first-order valence-electron chi connectivity index (χ1n) is 9.73. The first kappa shape index (κ1) is 19.4. The van der Waals surface area contributed by atoms with Gasteiger partial charge in [-0.25, -0.2) is 9.59 Å². The van der Waals surface area contributed by atoms with Gasteiger partial charge in [-0.1, -0.05) is 18.2 Å². The Morgan fingerprint density at radius 1 is 1.07 bits per heavy atom. The summed E-state index contributed by atoms with van der Waals surface area (Å²) >= 11 is 0. The summed E-state index contributed by atoms with van der Waals surface area (Å²) in [7, 11) is 0. The molecule has 0 radical (unpaired) electrons. The van der Waals surface area contributed by atoms with Crippen LogP contribution in [0.3, 0.4) is 0 Å². The van der Waals surface area contributed by atoms with E-state index in [0.29, 0.717) is 24.8 Å². The van der Waals surface area contributed by atoms with E-state index in [1.807, 2.05) is 35.2 Å². The second-order valence-electron chi connectivity index (χ2n) is 7.26. The van der Waals surface area contributed by atoms with Crippen molar-refractivity contribution in [3.8, 4) is 0 Å². The summed E-state index contributed by atoms with van der Waals surface area (Å²) in [6, 6.07) is 13.1. The average molecular weight is 396 g/mol. The highest BCUT2D eigenvalue weighted by atomic mass is 16.5. The van der Waals surface area contributed by atoms with Crippen molar-refractivity contribution in [2.75, 3.05) is 44.3 Å². The van der Waals surface area contributed by atoms with E-state index < -0.39 is 5.97 Å². The minimum Gasteiger partial charge on any atom is -0.478 e. The molecule has 0 unspecified atom stereocenters. The molecule has 3 heterocycles. The van der Waals surface area contributed by atoms with Crippen LogP contribution in [-0.4, -0.2) is 77.3 Å². The summed E-state index contributed by atoms with van der Waals surface area (Å²) in [5.41, 5.74) is 1.55. The van der Waals surface area contributed by atoms with Crippen molar-refractivity contribution in [1.29, 1.82) is 0 Å².